The standard InChI is InChI=1S/C22H25N3O3S/c1-16-6-8-17(9-7-16)20-12-22(28-24-20)23-21(26)15-25(13-18-4-2-10-27-18)14-19-5-3-11-29-19/h3,5-9,11-12,18H,2,4,10,13-15H2,1H3,(H,23,26)/p+1/t18-/m0/s1. The summed E-state index contributed by atoms with van der Waals surface area (Å²) in [6.45, 7) is 4.87. The number of aryl methyl sites for hydroxylation is 1. The third-order valence-electron chi connectivity index (χ3n) is 5.08. The Labute approximate surface area is 174 Å². The summed E-state index contributed by atoms with van der Waals surface area (Å²) >= 11 is 1.72. The van der Waals surface area contributed by atoms with Gasteiger partial charge in [0.15, 0.2) is 6.54 Å². The van der Waals surface area contributed by atoms with Gasteiger partial charge in [-0.3, -0.25) is 10.1 Å². The molecular formula is C22H26N3O3S+. The van der Waals surface area contributed by atoms with Gasteiger partial charge in [-0.15, -0.1) is 11.3 Å². The van der Waals surface area contributed by atoms with Crippen molar-refractivity contribution in [2.75, 3.05) is 25.0 Å². The van der Waals surface area contributed by atoms with Crippen molar-refractivity contribution in [3.63, 3.8) is 0 Å². The number of amides is 1. The van der Waals surface area contributed by atoms with Crippen LogP contribution in [-0.4, -0.2) is 36.9 Å². The van der Waals surface area contributed by atoms with Crippen molar-refractivity contribution >= 4 is 23.1 Å². The van der Waals surface area contributed by atoms with E-state index in [1.54, 1.807) is 17.4 Å². The zero-order valence-electron chi connectivity index (χ0n) is 16.5. The number of nitrogens with zero attached hydrogens (tertiary/aromatic N) is 1. The molecule has 1 aromatic carbocycles. The summed E-state index contributed by atoms with van der Waals surface area (Å²) in [5, 5.41) is 9.00. The molecule has 6 nitrogen and oxygen atoms in total. The number of carbonyl (C=O) groups excluding carboxylic acids is 1. The number of carbonyl (C=O) groups is 1. The smallest absolute Gasteiger partial charge is 0.281 e. The van der Waals surface area contributed by atoms with E-state index in [-0.39, 0.29) is 12.0 Å². The molecule has 3 heterocycles. The maximum absolute atomic E-state index is 12.7. The highest BCUT2D eigenvalue weighted by atomic mass is 32.1. The maximum atomic E-state index is 12.7. The van der Waals surface area contributed by atoms with Crippen LogP contribution in [0.3, 0.4) is 0 Å². The Kier molecular flexibility index (Phi) is 6.39. The molecule has 1 unspecified atom stereocenters. The van der Waals surface area contributed by atoms with Crippen LogP contribution in [0.5, 0.6) is 0 Å². The molecule has 152 valence electrons. The molecule has 3 aromatic rings. The van der Waals surface area contributed by atoms with Gasteiger partial charge in [-0.05, 0) is 31.2 Å². The summed E-state index contributed by atoms with van der Waals surface area (Å²) < 4.78 is 11.1. The van der Waals surface area contributed by atoms with E-state index in [0.717, 1.165) is 38.1 Å². The zero-order chi connectivity index (χ0) is 20.1. The molecule has 29 heavy (non-hydrogen) atoms. The summed E-state index contributed by atoms with van der Waals surface area (Å²) in [6.07, 6.45) is 2.40. The fourth-order valence-electron chi connectivity index (χ4n) is 3.60. The average molecular weight is 413 g/mol. The van der Waals surface area contributed by atoms with Crippen LogP contribution in [0.15, 0.2) is 52.4 Å². The molecule has 0 spiro atoms. The predicted molar refractivity (Wildman–Crippen MR) is 113 cm³/mol. The van der Waals surface area contributed by atoms with Gasteiger partial charge in [0.05, 0.1) is 4.88 Å². The highest BCUT2D eigenvalue weighted by Gasteiger charge is 2.24. The number of aromatic nitrogens is 1. The Bertz CT molecular complexity index is 915. The lowest BCUT2D eigenvalue weighted by atomic mass is 10.1. The first kappa shape index (κ1) is 19.8. The molecule has 0 bridgehead atoms. The molecule has 7 heteroatoms. The van der Waals surface area contributed by atoms with Crippen LogP contribution in [0, 0.1) is 6.92 Å². The first-order valence-electron chi connectivity index (χ1n) is 9.97. The molecule has 0 aliphatic carbocycles. The van der Waals surface area contributed by atoms with Gasteiger partial charge in [-0.25, -0.2) is 0 Å². The van der Waals surface area contributed by atoms with Crippen LogP contribution in [0.2, 0.25) is 0 Å². The van der Waals surface area contributed by atoms with Crippen molar-refractivity contribution < 1.29 is 19.0 Å². The van der Waals surface area contributed by atoms with Crippen LogP contribution >= 0.6 is 11.3 Å². The second-order valence-corrected chi connectivity index (χ2v) is 8.54. The molecule has 1 aliphatic rings. The first-order valence-corrected chi connectivity index (χ1v) is 10.8. The molecule has 1 amide bonds. The number of anilines is 1. The van der Waals surface area contributed by atoms with Crippen molar-refractivity contribution in [3.8, 4) is 11.3 Å². The van der Waals surface area contributed by atoms with Crippen molar-refractivity contribution in [1.82, 2.24) is 5.16 Å². The summed E-state index contributed by atoms with van der Waals surface area (Å²) in [5.74, 6) is 0.291. The monoisotopic (exact) mass is 412 g/mol. The molecule has 4 rings (SSSR count). The molecule has 2 atom stereocenters. The Balaban J connectivity index is 1.37. The molecular weight excluding hydrogens is 386 g/mol. The van der Waals surface area contributed by atoms with E-state index >= 15 is 0 Å². The Hall–Kier alpha value is -2.48. The van der Waals surface area contributed by atoms with E-state index in [4.69, 9.17) is 9.26 Å². The predicted octanol–water partition coefficient (Wildman–Crippen LogP) is 2.91. The second kappa shape index (κ2) is 9.35. The summed E-state index contributed by atoms with van der Waals surface area (Å²) in [6, 6.07) is 14.0. The van der Waals surface area contributed by atoms with Gasteiger partial charge in [-0.1, -0.05) is 41.1 Å². The number of quaternary nitrogens is 1. The number of hydrogen-bond donors (Lipinski definition) is 2. The minimum Gasteiger partial charge on any atom is -0.372 e. The van der Waals surface area contributed by atoms with Crippen molar-refractivity contribution in [1.29, 1.82) is 0 Å². The van der Waals surface area contributed by atoms with Gasteiger partial charge in [0.1, 0.15) is 24.9 Å². The van der Waals surface area contributed by atoms with Gasteiger partial charge in [0.25, 0.3) is 5.91 Å². The van der Waals surface area contributed by atoms with Crippen LogP contribution in [0.1, 0.15) is 23.3 Å². The van der Waals surface area contributed by atoms with Crippen LogP contribution in [0.25, 0.3) is 11.3 Å². The third-order valence-corrected chi connectivity index (χ3v) is 5.95. The Morgan fingerprint density at radius 3 is 2.90 bits per heavy atom. The van der Waals surface area contributed by atoms with Crippen LogP contribution in [-0.2, 0) is 16.1 Å². The number of ether oxygens (including phenoxy) is 1. The van der Waals surface area contributed by atoms with Crippen molar-refractivity contribution in [3.05, 3.63) is 58.3 Å². The number of thiophene rings is 1. The zero-order valence-corrected chi connectivity index (χ0v) is 17.3. The summed E-state index contributed by atoms with van der Waals surface area (Å²) in [4.78, 5) is 15.1. The molecule has 0 saturated carbocycles. The normalized spacial score (nSPS) is 17.3. The largest absolute Gasteiger partial charge is 0.372 e. The highest BCUT2D eigenvalue weighted by Crippen LogP contribution is 2.22. The minimum absolute atomic E-state index is 0.0823. The maximum Gasteiger partial charge on any atom is 0.281 e. The van der Waals surface area contributed by atoms with Gasteiger partial charge in [0.2, 0.25) is 5.88 Å². The quantitative estimate of drug-likeness (QED) is 0.597. The molecule has 2 aromatic heterocycles. The molecule has 1 saturated heterocycles. The fourth-order valence-corrected chi connectivity index (χ4v) is 4.37. The molecule has 2 N–H and O–H groups in total. The topological polar surface area (TPSA) is 68.8 Å². The lowest BCUT2D eigenvalue weighted by Crippen LogP contribution is -3.12. The van der Waals surface area contributed by atoms with E-state index in [9.17, 15) is 4.79 Å². The fraction of sp³-hybridized carbons (Fsp3) is 0.364. The molecule has 1 aliphatic heterocycles. The lowest BCUT2D eigenvalue weighted by molar-refractivity contribution is -0.908. The Morgan fingerprint density at radius 1 is 1.31 bits per heavy atom. The van der Waals surface area contributed by atoms with Crippen LogP contribution in [0.4, 0.5) is 5.88 Å². The number of benzene rings is 1. The molecule has 0 radical (unpaired) electrons. The summed E-state index contributed by atoms with van der Waals surface area (Å²) in [7, 11) is 0. The number of hydrogen-bond acceptors (Lipinski definition) is 5. The van der Waals surface area contributed by atoms with Gasteiger partial charge in [0, 0.05) is 18.2 Å². The van der Waals surface area contributed by atoms with E-state index < -0.39 is 0 Å². The van der Waals surface area contributed by atoms with Crippen molar-refractivity contribution in [2.45, 2.75) is 32.4 Å². The van der Waals surface area contributed by atoms with E-state index in [1.807, 2.05) is 37.3 Å². The average Bonchev–Trinajstić information content (AvgIpc) is 3.45. The first-order chi connectivity index (χ1) is 14.2. The van der Waals surface area contributed by atoms with E-state index in [0.29, 0.717) is 18.1 Å². The highest BCUT2D eigenvalue weighted by molar-refractivity contribution is 7.09. The lowest BCUT2D eigenvalue weighted by Gasteiger charge is -2.21. The van der Waals surface area contributed by atoms with Gasteiger partial charge >= 0.3 is 0 Å². The Morgan fingerprint density at radius 2 is 2.17 bits per heavy atom. The molecule has 1 fully saturated rings. The minimum atomic E-state index is -0.0823. The third kappa shape index (κ3) is 5.53. The van der Waals surface area contributed by atoms with Gasteiger partial charge < -0.3 is 14.2 Å². The number of nitrogens with one attached hydrogen (secondary N) is 2. The van der Waals surface area contributed by atoms with Crippen molar-refractivity contribution in [2.24, 2.45) is 0 Å². The number of rotatable bonds is 8. The second-order valence-electron chi connectivity index (χ2n) is 7.51. The van der Waals surface area contributed by atoms with E-state index in [1.165, 1.54) is 15.3 Å². The SMILES string of the molecule is Cc1ccc(-c2cc(NC(=O)C[NH+](Cc3cccs3)C[C@@H]3CCCO3)on2)cc1. The van der Waals surface area contributed by atoms with E-state index in [2.05, 4.69) is 21.9 Å². The summed E-state index contributed by atoms with van der Waals surface area (Å²) in [5.41, 5.74) is 2.86. The van der Waals surface area contributed by atoms with Crippen LogP contribution < -0.4 is 10.2 Å². The van der Waals surface area contributed by atoms with Gasteiger partial charge in [-0.2, -0.15) is 0 Å².